The summed E-state index contributed by atoms with van der Waals surface area (Å²) in [7, 11) is 3.02. The summed E-state index contributed by atoms with van der Waals surface area (Å²) in [6.45, 7) is 5.93. The van der Waals surface area contributed by atoms with Crippen LogP contribution in [0.25, 0.3) is 0 Å². The van der Waals surface area contributed by atoms with Gasteiger partial charge in [0.05, 0.1) is 19.5 Å². The lowest BCUT2D eigenvalue weighted by atomic mass is 10.1. The van der Waals surface area contributed by atoms with Crippen molar-refractivity contribution in [3.05, 3.63) is 77.4 Å². The highest BCUT2D eigenvalue weighted by molar-refractivity contribution is 8.00. The van der Waals surface area contributed by atoms with Crippen molar-refractivity contribution in [1.29, 1.82) is 0 Å². The monoisotopic (exact) mass is 464 g/mol. The van der Waals surface area contributed by atoms with Crippen molar-refractivity contribution < 1.29 is 19.1 Å². The Morgan fingerprint density at radius 2 is 1.42 bits per heavy atom. The quantitative estimate of drug-likeness (QED) is 0.419. The first-order valence-electron chi connectivity index (χ1n) is 10.5. The number of benzene rings is 3. The molecule has 0 heterocycles. The summed E-state index contributed by atoms with van der Waals surface area (Å²) in [5, 5.41) is 5.55. The Balaban J connectivity index is 1.62. The fourth-order valence-electron chi connectivity index (χ4n) is 3.21. The minimum Gasteiger partial charge on any atom is -0.496 e. The average molecular weight is 465 g/mol. The molecule has 0 aliphatic rings. The molecule has 0 fully saturated rings. The molecule has 6 nitrogen and oxygen atoms in total. The van der Waals surface area contributed by atoms with Gasteiger partial charge in [-0.2, -0.15) is 0 Å². The molecule has 33 heavy (non-hydrogen) atoms. The number of carbonyl (C=O) groups excluding carboxylic acids is 2. The van der Waals surface area contributed by atoms with Gasteiger partial charge in [-0.05, 0) is 80.4 Å². The minimum atomic E-state index is -0.328. The summed E-state index contributed by atoms with van der Waals surface area (Å²) < 4.78 is 10.6. The van der Waals surface area contributed by atoms with Gasteiger partial charge >= 0.3 is 0 Å². The third kappa shape index (κ3) is 6.08. The van der Waals surface area contributed by atoms with Gasteiger partial charge in [0, 0.05) is 16.3 Å². The van der Waals surface area contributed by atoms with Gasteiger partial charge in [-0.3, -0.25) is 9.59 Å². The largest absolute Gasteiger partial charge is 0.496 e. The Kier molecular flexibility index (Phi) is 8.01. The van der Waals surface area contributed by atoms with Crippen LogP contribution in [0.3, 0.4) is 0 Å². The van der Waals surface area contributed by atoms with Crippen LogP contribution in [-0.2, 0) is 4.79 Å². The van der Waals surface area contributed by atoms with Crippen LogP contribution < -0.4 is 20.1 Å². The van der Waals surface area contributed by atoms with E-state index in [1.807, 2.05) is 51.1 Å². The Bertz CT molecular complexity index is 1120. The fourth-order valence-corrected chi connectivity index (χ4v) is 4.07. The smallest absolute Gasteiger partial charge is 0.263 e. The molecule has 3 aromatic carbocycles. The van der Waals surface area contributed by atoms with Crippen molar-refractivity contribution in [2.75, 3.05) is 24.9 Å². The van der Waals surface area contributed by atoms with E-state index in [1.165, 1.54) is 31.5 Å². The number of thioether (sulfide) groups is 1. The first kappa shape index (κ1) is 24.2. The maximum absolute atomic E-state index is 12.8. The second-order valence-corrected chi connectivity index (χ2v) is 8.98. The lowest BCUT2D eigenvalue weighted by Gasteiger charge is -2.14. The number of hydrogen-bond donors (Lipinski definition) is 2. The summed E-state index contributed by atoms with van der Waals surface area (Å²) in [6, 6.07) is 18.4. The molecule has 0 aromatic heterocycles. The van der Waals surface area contributed by atoms with Crippen molar-refractivity contribution in [3.63, 3.8) is 0 Å². The van der Waals surface area contributed by atoms with Gasteiger partial charge in [-0.15, -0.1) is 11.8 Å². The van der Waals surface area contributed by atoms with Crippen LogP contribution in [0, 0.1) is 13.8 Å². The van der Waals surface area contributed by atoms with E-state index in [0.717, 1.165) is 16.1 Å². The van der Waals surface area contributed by atoms with Gasteiger partial charge < -0.3 is 20.1 Å². The van der Waals surface area contributed by atoms with E-state index in [9.17, 15) is 9.59 Å². The first-order chi connectivity index (χ1) is 15.8. The van der Waals surface area contributed by atoms with Crippen LogP contribution in [0.5, 0.6) is 11.5 Å². The zero-order valence-electron chi connectivity index (χ0n) is 19.4. The third-order valence-electron chi connectivity index (χ3n) is 5.22. The molecule has 1 unspecified atom stereocenters. The molecular formula is C26H28N2O4S. The van der Waals surface area contributed by atoms with E-state index in [1.54, 1.807) is 30.3 Å². The van der Waals surface area contributed by atoms with E-state index in [4.69, 9.17) is 9.47 Å². The van der Waals surface area contributed by atoms with Crippen LogP contribution in [0.4, 0.5) is 11.4 Å². The molecule has 0 spiro atoms. The highest BCUT2D eigenvalue weighted by atomic mass is 32.2. The Labute approximate surface area is 198 Å². The van der Waals surface area contributed by atoms with Gasteiger partial charge in [0.25, 0.3) is 5.91 Å². The van der Waals surface area contributed by atoms with Gasteiger partial charge in [-0.25, -0.2) is 0 Å². The molecule has 0 saturated carbocycles. The molecule has 7 heteroatoms. The molecule has 3 rings (SSSR count). The highest BCUT2D eigenvalue weighted by Crippen LogP contribution is 2.30. The molecular weight excluding hydrogens is 436 g/mol. The van der Waals surface area contributed by atoms with Crippen LogP contribution in [0.1, 0.15) is 28.4 Å². The molecule has 0 radical (unpaired) electrons. The van der Waals surface area contributed by atoms with Crippen LogP contribution >= 0.6 is 11.8 Å². The standard InChI is InChI=1S/C26H28N2O4S/c1-16-9-10-20(15-17(16)2)28-25(29)18(3)33-21-13-11-19(12-14-21)27-26(30)24-22(31-4)7-6-8-23(24)32-5/h6-15,18H,1-5H3,(H,27,30)(H,28,29). The topological polar surface area (TPSA) is 76.7 Å². The Hall–Kier alpha value is -3.45. The van der Waals surface area contributed by atoms with Crippen molar-refractivity contribution in [3.8, 4) is 11.5 Å². The van der Waals surface area contributed by atoms with E-state index < -0.39 is 0 Å². The Morgan fingerprint density at radius 3 is 2.00 bits per heavy atom. The SMILES string of the molecule is COc1cccc(OC)c1C(=O)Nc1ccc(SC(C)C(=O)Nc2ccc(C)c(C)c2)cc1. The normalized spacial score (nSPS) is 11.4. The van der Waals surface area contributed by atoms with Crippen LogP contribution in [0.2, 0.25) is 0 Å². The van der Waals surface area contributed by atoms with E-state index >= 15 is 0 Å². The van der Waals surface area contributed by atoms with Crippen molar-refractivity contribution in [2.45, 2.75) is 30.9 Å². The van der Waals surface area contributed by atoms with Gasteiger partial charge in [0.1, 0.15) is 17.1 Å². The molecule has 0 bridgehead atoms. The lowest BCUT2D eigenvalue weighted by molar-refractivity contribution is -0.115. The van der Waals surface area contributed by atoms with Crippen LogP contribution in [0.15, 0.2) is 65.6 Å². The number of amides is 2. The first-order valence-corrected chi connectivity index (χ1v) is 11.4. The van der Waals surface area contributed by atoms with Crippen molar-refractivity contribution >= 4 is 35.0 Å². The summed E-state index contributed by atoms with van der Waals surface area (Å²) in [4.78, 5) is 26.3. The maximum Gasteiger partial charge on any atom is 0.263 e. The molecule has 0 saturated heterocycles. The second-order valence-electron chi connectivity index (χ2n) is 7.56. The zero-order chi connectivity index (χ0) is 24.0. The number of ether oxygens (including phenoxy) is 2. The summed E-state index contributed by atoms with van der Waals surface area (Å²) in [5.41, 5.74) is 4.07. The number of hydrogen-bond acceptors (Lipinski definition) is 5. The highest BCUT2D eigenvalue weighted by Gasteiger charge is 2.19. The van der Waals surface area contributed by atoms with Crippen molar-refractivity contribution in [2.24, 2.45) is 0 Å². The molecule has 3 aromatic rings. The molecule has 0 aliphatic heterocycles. The summed E-state index contributed by atoms with van der Waals surface area (Å²) in [6.07, 6.45) is 0. The molecule has 2 amide bonds. The van der Waals surface area contributed by atoms with Gasteiger partial charge in [0.15, 0.2) is 0 Å². The average Bonchev–Trinajstić information content (AvgIpc) is 2.81. The number of aryl methyl sites for hydroxylation is 2. The zero-order valence-corrected chi connectivity index (χ0v) is 20.2. The number of rotatable bonds is 8. The number of nitrogens with one attached hydrogen (secondary N) is 2. The van der Waals surface area contributed by atoms with E-state index in [-0.39, 0.29) is 17.1 Å². The fraction of sp³-hybridized carbons (Fsp3) is 0.231. The van der Waals surface area contributed by atoms with E-state index in [2.05, 4.69) is 10.6 Å². The van der Waals surface area contributed by atoms with Gasteiger partial charge in [0.2, 0.25) is 5.91 Å². The predicted octanol–water partition coefficient (Wildman–Crippen LogP) is 5.69. The lowest BCUT2D eigenvalue weighted by Crippen LogP contribution is -2.22. The summed E-state index contributed by atoms with van der Waals surface area (Å²) >= 11 is 1.45. The van der Waals surface area contributed by atoms with Gasteiger partial charge in [-0.1, -0.05) is 12.1 Å². The number of carbonyl (C=O) groups is 2. The molecule has 2 N–H and O–H groups in total. The third-order valence-corrected chi connectivity index (χ3v) is 6.34. The predicted molar refractivity (Wildman–Crippen MR) is 134 cm³/mol. The maximum atomic E-state index is 12.8. The number of anilines is 2. The number of methoxy groups -OCH3 is 2. The summed E-state index contributed by atoms with van der Waals surface area (Å²) in [5.74, 6) is 0.472. The Morgan fingerprint density at radius 1 is 0.818 bits per heavy atom. The molecule has 0 aliphatic carbocycles. The minimum absolute atomic E-state index is 0.0658. The molecule has 1 atom stereocenters. The second kappa shape index (κ2) is 10.9. The van der Waals surface area contributed by atoms with E-state index in [0.29, 0.717) is 22.7 Å². The van der Waals surface area contributed by atoms with Crippen LogP contribution in [-0.4, -0.2) is 31.3 Å². The van der Waals surface area contributed by atoms with Crippen molar-refractivity contribution in [1.82, 2.24) is 0 Å². The molecule has 172 valence electrons.